The fourth-order valence-electron chi connectivity index (χ4n) is 2.08. The molecule has 0 fully saturated rings. The first-order chi connectivity index (χ1) is 9.28. The van der Waals surface area contributed by atoms with E-state index in [2.05, 4.69) is 0 Å². The molecule has 0 aromatic heterocycles. The molecule has 0 atom stereocenters. The Morgan fingerprint density at radius 2 is 1.95 bits per heavy atom. The summed E-state index contributed by atoms with van der Waals surface area (Å²) < 4.78 is 10.4. The highest BCUT2D eigenvalue weighted by Gasteiger charge is 2.25. The number of methoxy groups -OCH3 is 1. The van der Waals surface area contributed by atoms with Crippen LogP contribution in [0.5, 0.6) is 11.5 Å². The number of para-hydroxylation sites is 1. The minimum atomic E-state index is -0.316. The van der Waals surface area contributed by atoms with Gasteiger partial charge in [-0.3, -0.25) is 0 Å². The van der Waals surface area contributed by atoms with Crippen LogP contribution in [-0.4, -0.2) is 13.1 Å². The predicted octanol–water partition coefficient (Wildman–Crippen LogP) is 3.15. The van der Waals surface area contributed by atoms with Crippen LogP contribution >= 0.6 is 0 Å². The zero-order valence-electron chi connectivity index (χ0n) is 10.4. The summed E-state index contributed by atoms with van der Waals surface area (Å²) in [6.07, 6.45) is 1.82. The van der Waals surface area contributed by atoms with Gasteiger partial charge in [0, 0.05) is 5.56 Å². The van der Waals surface area contributed by atoms with E-state index in [0.29, 0.717) is 11.3 Å². The smallest absolute Gasteiger partial charge is 0.344 e. The molecule has 0 N–H and O–H groups in total. The molecule has 1 aliphatic heterocycles. The first-order valence-corrected chi connectivity index (χ1v) is 5.95. The van der Waals surface area contributed by atoms with Gasteiger partial charge >= 0.3 is 5.97 Å². The monoisotopic (exact) mass is 252 g/mol. The fourth-order valence-corrected chi connectivity index (χ4v) is 2.08. The molecule has 19 heavy (non-hydrogen) atoms. The van der Waals surface area contributed by atoms with Crippen molar-refractivity contribution < 1.29 is 14.3 Å². The molecule has 2 aromatic rings. The van der Waals surface area contributed by atoms with Crippen molar-refractivity contribution in [3.8, 4) is 11.5 Å². The van der Waals surface area contributed by atoms with E-state index in [1.54, 1.807) is 13.2 Å². The quantitative estimate of drug-likeness (QED) is 0.468. The van der Waals surface area contributed by atoms with Crippen molar-refractivity contribution in [2.24, 2.45) is 0 Å². The third-order valence-electron chi connectivity index (χ3n) is 3.00. The van der Waals surface area contributed by atoms with Crippen LogP contribution in [0, 0.1) is 0 Å². The van der Waals surface area contributed by atoms with Crippen molar-refractivity contribution in [3.63, 3.8) is 0 Å². The number of rotatable bonds is 2. The topological polar surface area (TPSA) is 35.5 Å². The normalized spacial score (nSPS) is 15.2. The van der Waals surface area contributed by atoms with E-state index in [1.807, 2.05) is 48.5 Å². The Kier molecular flexibility index (Phi) is 2.80. The number of hydrogen-bond acceptors (Lipinski definition) is 3. The molecule has 0 spiro atoms. The van der Waals surface area contributed by atoms with Gasteiger partial charge in [0.2, 0.25) is 0 Å². The number of fused-ring (bicyclic) bond motifs is 1. The van der Waals surface area contributed by atoms with Gasteiger partial charge < -0.3 is 9.47 Å². The molecular weight excluding hydrogens is 240 g/mol. The lowest BCUT2D eigenvalue weighted by atomic mass is 10.0. The molecule has 0 amide bonds. The van der Waals surface area contributed by atoms with Crippen LogP contribution in [0.2, 0.25) is 0 Å². The van der Waals surface area contributed by atoms with Gasteiger partial charge in [0.1, 0.15) is 11.5 Å². The molecule has 3 rings (SSSR count). The fraction of sp³-hybridized carbons (Fsp3) is 0.0625. The number of hydrogen-bond donors (Lipinski definition) is 0. The third-order valence-corrected chi connectivity index (χ3v) is 3.00. The first kappa shape index (κ1) is 11.5. The SMILES string of the molecule is COc1cccc(C=C2C(=O)Oc3ccccc32)c1. The van der Waals surface area contributed by atoms with E-state index in [0.717, 1.165) is 16.9 Å². The Bertz CT molecular complexity index is 671. The van der Waals surface area contributed by atoms with Crippen molar-refractivity contribution in [2.45, 2.75) is 0 Å². The highest BCUT2D eigenvalue weighted by atomic mass is 16.5. The molecule has 0 aliphatic carbocycles. The molecule has 1 heterocycles. The Morgan fingerprint density at radius 3 is 2.79 bits per heavy atom. The van der Waals surface area contributed by atoms with Gasteiger partial charge in [0.05, 0.1) is 12.7 Å². The number of carbonyl (C=O) groups is 1. The second kappa shape index (κ2) is 4.61. The minimum Gasteiger partial charge on any atom is -0.497 e. The summed E-state index contributed by atoms with van der Waals surface area (Å²) in [4.78, 5) is 11.9. The van der Waals surface area contributed by atoms with E-state index in [1.165, 1.54) is 0 Å². The highest BCUT2D eigenvalue weighted by molar-refractivity contribution is 6.25. The number of esters is 1. The molecule has 0 bridgehead atoms. The molecule has 1 aliphatic rings. The maximum Gasteiger partial charge on any atom is 0.344 e. The van der Waals surface area contributed by atoms with Crippen LogP contribution in [0.3, 0.4) is 0 Å². The third kappa shape index (κ3) is 2.10. The lowest BCUT2D eigenvalue weighted by molar-refractivity contribution is -0.126. The van der Waals surface area contributed by atoms with Gasteiger partial charge in [0.25, 0.3) is 0 Å². The summed E-state index contributed by atoms with van der Waals surface area (Å²) in [5, 5.41) is 0. The second-order valence-corrected chi connectivity index (χ2v) is 4.22. The van der Waals surface area contributed by atoms with E-state index >= 15 is 0 Å². The summed E-state index contributed by atoms with van der Waals surface area (Å²) in [6.45, 7) is 0. The first-order valence-electron chi connectivity index (χ1n) is 5.95. The lowest BCUT2D eigenvalue weighted by Gasteiger charge is -2.01. The molecule has 2 aromatic carbocycles. The second-order valence-electron chi connectivity index (χ2n) is 4.22. The minimum absolute atomic E-state index is 0.316. The highest BCUT2D eigenvalue weighted by Crippen LogP contribution is 2.35. The van der Waals surface area contributed by atoms with E-state index in [9.17, 15) is 4.79 Å². The Balaban J connectivity index is 2.06. The summed E-state index contributed by atoms with van der Waals surface area (Å²) in [6, 6.07) is 15.0. The Morgan fingerprint density at radius 1 is 1.11 bits per heavy atom. The molecule has 3 heteroatoms. The molecule has 0 saturated carbocycles. The van der Waals surface area contributed by atoms with Crippen LogP contribution in [0.1, 0.15) is 11.1 Å². The van der Waals surface area contributed by atoms with Crippen molar-refractivity contribution in [2.75, 3.05) is 7.11 Å². The predicted molar refractivity (Wildman–Crippen MR) is 72.9 cm³/mol. The van der Waals surface area contributed by atoms with Crippen LogP contribution in [0.4, 0.5) is 0 Å². The summed E-state index contributed by atoms with van der Waals surface area (Å²) in [7, 11) is 1.62. The van der Waals surface area contributed by atoms with Gasteiger partial charge in [-0.2, -0.15) is 0 Å². The molecule has 94 valence electrons. The van der Waals surface area contributed by atoms with Gasteiger partial charge in [-0.1, -0.05) is 30.3 Å². The molecule has 3 nitrogen and oxygen atoms in total. The lowest BCUT2D eigenvalue weighted by Crippen LogP contribution is -2.00. The van der Waals surface area contributed by atoms with Gasteiger partial charge in [-0.05, 0) is 29.8 Å². The number of benzene rings is 2. The molecule has 0 radical (unpaired) electrons. The maximum atomic E-state index is 11.9. The zero-order chi connectivity index (χ0) is 13.2. The van der Waals surface area contributed by atoms with Crippen molar-refractivity contribution in [3.05, 3.63) is 59.7 Å². The Hall–Kier alpha value is -2.55. The van der Waals surface area contributed by atoms with Crippen LogP contribution in [-0.2, 0) is 4.79 Å². The van der Waals surface area contributed by atoms with Gasteiger partial charge in [0.15, 0.2) is 0 Å². The van der Waals surface area contributed by atoms with Crippen molar-refractivity contribution in [1.29, 1.82) is 0 Å². The average molecular weight is 252 g/mol. The van der Waals surface area contributed by atoms with Crippen molar-refractivity contribution >= 4 is 17.6 Å². The Labute approximate surface area is 111 Å². The van der Waals surface area contributed by atoms with Crippen LogP contribution < -0.4 is 9.47 Å². The zero-order valence-corrected chi connectivity index (χ0v) is 10.4. The number of carbonyl (C=O) groups excluding carboxylic acids is 1. The molecular formula is C16H12O3. The van der Waals surface area contributed by atoms with E-state index in [-0.39, 0.29) is 5.97 Å². The van der Waals surface area contributed by atoms with Gasteiger partial charge in [-0.25, -0.2) is 4.79 Å². The largest absolute Gasteiger partial charge is 0.497 e. The van der Waals surface area contributed by atoms with Gasteiger partial charge in [-0.15, -0.1) is 0 Å². The van der Waals surface area contributed by atoms with Crippen molar-refractivity contribution in [1.82, 2.24) is 0 Å². The van der Waals surface area contributed by atoms with E-state index < -0.39 is 0 Å². The standard InChI is InChI=1S/C16H12O3/c1-18-12-6-4-5-11(9-12)10-14-13-7-2-3-8-15(13)19-16(14)17/h2-10H,1H3. The molecule has 0 saturated heterocycles. The molecule has 0 unspecified atom stereocenters. The summed E-state index contributed by atoms with van der Waals surface area (Å²) in [5.74, 6) is 1.06. The summed E-state index contributed by atoms with van der Waals surface area (Å²) in [5.41, 5.74) is 2.31. The number of ether oxygens (including phenoxy) is 2. The average Bonchev–Trinajstić information content (AvgIpc) is 2.76. The maximum absolute atomic E-state index is 11.9. The van der Waals surface area contributed by atoms with Crippen LogP contribution in [0.15, 0.2) is 48.5 Å². The van der Waals surface area contributed by atoms with Crippen LogP contribution in [0.25, 0.3) is 11.6 Å². The van der Waals surface area contributed by atoms with E-state index in [4.69, 9.17) is 9.47 Å². The summed E-state index contributed by atoms with van der Waals surface area (Å²) >= 11 is 0.